The summed E-state index contributed by atoms with van der Waals surface area (Å²) in [5, 5.41) is 12.7. The molecule has 22 heavy (non-hydrogen) atoms. The fourth-order valence-electron chi connectivity index (χ4n) is 2.10. The van der Waals surface area contributed by atoms with E-state index in [2.05, 4.69) is 5.32 Å². The summed E-state index contributed by atoms with van der Waals surface area (Å²) in [6.45, 7) is 0.117. The Bertz CT molecular complexity index is 642. The average molecular weight is 338 g/mol. The molecule has 2 aromatic carbocycles. The number of carbonyl (C=O) groups is 1. The van der Waals surface area contributed by atoms with E-state index in [4.69, 9.17) is 28.3 Å². The minimum Gasteiger partial charge on any atom is -0.396 e. The fraction of sp³-hybridized carbons (Fsp3) is 0.235. The van der Waals surface area contributed by atoms with Crippen LogP contribution in [0, 0.1) is 0 Å². The van der Waals surface area contributed by atoms with Gasteiger partial charge in [-0.2, -0.15) is 0 Å². The van der Waals surface area contributed by atoms with Crippen LogP contribution in [0.25, 0.3) is 0 Å². The molecule has 0 aliphatic carbocycles. The molecule has 0 radical (unpaired) electrons. The maximum absolute atomic E-state index is 12.0. The highest BCUT2D eigenvalue weighted by atomic mass is 35.5. The van der Waals surface area contributed by atoms with Crippen LogP contribution >= 0.6 is 23.2 Å². The maximum atomic E-state index is 12.0. The molecular weight excluding hydrogens is 321 g/mol. The zero-order valence-corrected chi connectivity index (χ0v) is 13.5. The van der Waals surface area contributed by atoms with Crippen LogP contribution in [0.15, 0.2) is 42.5 Å². The third-order valence-corrected chi connectivity index (χ3v) is 4.15. The number of nitrogens with one attached hydrogen (secondary N) is 1. The highest BCUT2D eigenvalue weighted by Crippen LogP contribution is 2.26. The number of anilines is 1. The Kier molecular flexibility index (Phi) is 6.25. The molecule has 1 amide bonds. The minimum absolute atomic E-state index is 0.0778. The Hall–Kier alpha value is -1.55. The number of carbonyl (C=O) groups excluding carboxylic acids is 1. The monoisotopic (exact) mass is 337 g/mol. The van der Waals surface area contributed by atoms with E-state index in [1.165, 1.54) is 0 Å². The van der Waals surface area contributed by atoms with Crippen molar-refractivity contribution < 1.29 is 9.90 Å². The molecule has 0 fully saturated rings. The first kappa shape index (κ1) is 16.8. The molecule has 0 heterocycles. The second kappa shape index (κ2) is 8.18. The van der Waals surface area contributed by atoms with Gasteiger partial charge in [0.05, 0.1) is 10.0 Å². The predicted molar refractivity (Wildman–Crippen MR) is 90.6 cm³/mol. The summed E-state index contributed by atoms with van der Waals surface area (Å²) in [5.74, 6) is -0.0778. The molecule has 3 nitrogen and oxygen atoms in total. The molecule has 0 unspecified atom stereocenters. The summed E-state index contributed by atoms with van der Waals surface area (Å²) in [6, 6.07) is 12.8. The summed E-state index contributed by atoms with van der Waals surface area (Å²) in [4.78, 5) is 12.0. The number of hydrogen-bond donors (Lipinski definition) is 2. The van der Waals surface area contributed by atoms with Crippen LogP contribution in [-0.4, -0.2) is 17.6 Å². The van der Waals surface area contributed by atoms with Crippen molar-refractivity contribution in [2.45, 2.75) is 19.3 Å². The van der Waals surface area contributed by atoms with E-state index >= 15 is 0 Å². The zero-order chi connectivity index (χ0) is 15.9. The molecule has 0 saturated carbocycles. The summed E-state index contributed by atoms with van der Waals surface area (Å²) in [6.07, 6.45) is 1.48. The second-order valence-corrected chi connectivity index (χ2v) is 5.72. The summed E-state index contributed by atoms with van der Waals surface area (Å²) in [5.41, 5.74) is 2.64. The molecule has 2 aromatic rings. The lowest BCUT2D eigenvalue weighted by Gasteiger charge is -2.08. The van der Waals surface area contributed by atoms with Crippen molar-refractivity contribution >= 4 is 34.8 Å². The molecule has 2 N–H and O–H groups in total. The van der Waals surface area contributed by atoms with Gasteiger partial charge in [-0.15, -0.1) is 0 Å². The van der Waals surface area contributed by atoms with Gasteiger partial charge in [0.1, 0.15) is 0 Å². The van der Waals surface area contributed by atoms with Gasteiger partial charge in [-0.3, -0.25) is 4.79 Å². The third-order valence-electron chi connectivity index (χ3n) is 3.29. The number of aryl methyl sites for hydroxylation is 1. The number of amides is 1. The Balaban J connectivity index is 1.89. The van der Waals surface area contributed by atoms with Gasteiger partial charge in [-0.05, 0) is 42.2 Å². The van der Waals surface area contributed by atoms with E-state index in [1.54, 1.807) is 6.07 Å². The van der Waals surface area contributed by atoms with Gasteiger partial charge in [-0.25, -0.2) is 0 Å². The first-order chi connectivity index (χ1) is 10.6. The van der Waals surface area contributed by atoms with Crippen molar-refractivity contribution in [3.05, 3.63) is 63.6 Å². The van der Waals surface area contributed by atoms with Gasteiger partial charge in [-0.1, -0.05) is 47.5 Å². The van der Waals surface area contributed by atoms with Gasteiger partial charge >= 0.3 is 0 Å². The van der Waals surface area contributed by atoms with Gasteiger partial charge in [0.15, 0.2) is 0 Å². The van der Waals surface area contributed by atoms with E-state index in [0.29, 0.717) is 29.3 Å². The van der Waals surface area contributed by atoms with Crippen LogP contribution in [-0.2, 0) is 17.6 Å². The molecule has 0 atom stereocenters. The first-order valence-electron chi connectivity index (χ1n) is 7.02. The smallest absolute Gasteiger partial charge is 0.224 e. The Morgan fingerprint density at radius 3 is 2.45 bits per heavy atom. The SMILES string of the molecule is O=C(CCc1cccc(Cl)c1Cl)Nc1ccc(CCO)cc1. The standard InChI is InChI=1S/C17H17Cl2NO2/c18-15-3-1-2-13(17(15)19)6-9-16(22)20-14-7-4-12(5-8-14)10-11-21/h1-5,7-8,21H,6,9-11H2,(H,20,22). The van der Waals surface area contributed by atoms with E-state index < -0.39 is 0 Å². The second-order valence-electron chi connectivity index (χ2n) is 4.93. The Morgan fingerprint density at radius 1 is 1.05 bits per heavy atom. The number of aliphatic hydroxyl groups excluding tert-OH is 1. The highest BCUT2D eigenvalue weighted by molar-refractivity contribution is 6.42. The molecule has 0 bridgehead atoms. The van der Waals surface area contributed by atoms with Crippen molar-refractivity contribution in [1.82, 2.24) is 0 Å². The van der Waals surface area contributed by atoms with E-state index in [0.717, 1.165) is 16.8 Å². The predicted octanol–water partition coefficient (Wildman–Crippen LogP) is 4.10. The van der Waals surface area contributed by atoms with Crippen molar-refractivity contribution in [2.75, 3.05) is 11.9 Å². The van der Waals surface area contributed by atoms with Gasteiger partial charge in [0.2, 0.25) is 5.91 Å². The Morgan fingerprint density at radius 2 is 1.77 bits per heavy atom. The molecule has 0 spiro atoms. The molecule has 2 rings (SSSR count). The molecule has 5 heteroatoms. The lowest BCUT2D eigenvalue weighted by atomic mass is 10.1. The average Bonchev–Trinajstić information content (AvgIpc) is 2.51. The highest BCUT2D eigenvalue weighted by Gasteiger charge is 2.08. The largest absolute Gasteiger partial charge is 0.396 e. The number of aliphatic hydroxyl groups is 1. The summed E-state index contributed by atoms with van der Waals surface area (Å²) < 4.78 is 0. The van der Waals surface area contributed by atoms with E-state index in [9.17, 15) is 4.79 Å². The normalized spacial score (nSPS) is 10.5. The van der Waals surface area contributed by atoms with Gasteiger partial charge in [0, 0.05) is 18.7 Å². The van der Waals surface area contributed by atoms with Crippen molar-refractivity contribution in [1.29, 1.82) is 0 Å². The topological polar surface area (TPSA) is 49.3 Å². The fourth-order valence-corrected chi connectivity index (χ4v) is 2.51. The lowest BCUT2D eigenvalue weighted by Crippen LogP contribution is -2.12. The molecule has 0 aliphatic heterocycles. The molecule has 0 saturated heterocycles. The van der Waals surface area contributed by atoms with Crippen LogP contribution < -0.4 is 5.32 Å². The minimum atomic E-state index is -0.0778. The van der Waals surface area contributed by atoms with E-state index in [-0.39, 0.29) is 12.5 Å². The number of halogens is 2. The zero-order valence-electron chi connectivity index (χ0n) is 12.0. The number of rotatable bonds is 6. The Labute approximate surface area is 139 Å². The number of hydrogen-bond acceptors (Lipinski definition) is 2. The molecule has 0 aromatic heterocycles. The quantitative estimate of drug-likeness (QED) is 0.833. The lowest BCUT2D eigenvalue weighted by molar-refractivity contribution is -0.116. The summed E-state index contributed by atoms with van der Waals surface area (Å²) >= 11 is 12.0. The van der Waals surface area contributed by atoms with Crippen molar-refractivity contribution in [2.24, 2.45) is 0 Å². The van der Waals surface area contributed by atoms with Crippen LogP contribution in [0.2, 0.25) is 10.0 Å². The third kappa shape index (κ3) is 4.73. The van der Waals surface area contributed by atoms with Crippen LogP contribution in [0.4, 0.5) is 5.69 Å². The van der Waals surface area contributed by atoms with E-state index in [1.807, 2.05) is 36.4 Å². The van der Waals surface area contributed by atoms with Gasteiger partial charge in [0.25, 0.3) is 0 Å². The molecular formula is C17H17Cl2NO2. The molecule has 0 aliphatic rings. The van der Waals surface area contributed by atoms with Crippen molar-refractivity contribution in [3.63, 3.8) is 0 Å². The van der Waals surface area contributed by atoms with Crippen LogP contribution in [0.3, 0.4) is 0 Å². The first-order valence-corrected chi connectivity index (χ1v) is 7.78. The maximum Gasteiger partial charge on any atom is 0.224 e. The van der Waals surface area contributed by atoms with Crippen LogP contribution in [0.5, 0.6) is 0 Å². The number of benzene rings is 2. The van der Waals surface area contributed by atoms with Gasteiger partial charge < -0.3 is 10.4 Å². The van der Waals surface area contributed by atoms with Crippen molar-refractivity contribution in [3.8, 4) is 0 Å². The molecule has 116 valence electrons. The van der Waals surface area contributed by atoms with Crippen LogP contribution in [0.1, 0.15) is 17.5 Å². The summed E-state index contributed by atoms with van der Waals surface area (Å²) in [7, 11) is 0.